The molecule has 3 aliphatic rings. The van der Waals surface area contributed by atoms with Crippen molar-refractivity contribution in [2.45, 2.75) is 30.3 Å². The maximum absolute atomic E-state index is 14.4. The Morgan fingerprint density at radius 2 is 1.58 bits per heavy atom. The molecule has 1 N–H and O–H groups in total. The monoisotopic (exact) mass is 410 g/mol. The fourth-order valence-corrected chi connectivity index (χ4v) is 6.58. The number of hydrogen-bond acceptors (Lipinski definition) is 3. The molecule has 3 aromatic rings. The van der Waals surface area contributed by atoms with Gasteiger partial charge in [0.15, 0.2) is 0 Å². The normalized spacial score (nSPS) is 29.5. The zero-order valence-corrected chi connectivity index (χ0v) is 17.4. The number of rotatable bonds is 3. The molecule has 0 bridgehead atoms. The van der Waals surface area contributed by atoms with Gasteiger partial charge in [-0.15, -0.1) is 0 Å². The van der Waals surface area contributed by atoms with Crippen LogP contribution in [0.5, 0.6) is 0 Å². The molecule has 156 valence electrons. The summed E-state index contributed by atoms with van der Waals surface area (Å²) >= 11 is 0. The minimum atomic E-state index is -0.830. The highest BCUT2D eigenvalue weighted by Gasteiger charge is 2.68. The molecular formula is C27H26N2O2. The topological polar surface area (TPSA) is 43.8 Å². The smallest absolute Gasteiger partial charge is 0.257 e. The van der Waals surface area contributed by atoms with E-state index in [0.29, 0.717) is 0 Å². The second-order valence-electron chi connectivity index (χ2n) is 8.89. The predicted molar refractivity (Wildman–Crippen MR) is 121 cm³/mol. The number of carbonyl (C=O) groups excluding carboxylic acids is 1. The van der Waals surface area contributed by atoms with E-state index in [9.17, 15) is 9.90 Å². The summed E-state index contributed by atoms with van der Waals surface area (Å²) in [6.07, 6.45) is 2.13. The Hall–Kier alpha value is -2.95. The molecule has 2 fully saturated rings. The Kier molecular flexibility index (Phi) is 4.27. The van der Waals surface area contributed by atoms with Crippen LogP contribution in [-0.2, 0) is 10.3 Å². The lowest BCUT2D eigenvalue weighted by molar-refractivity contribution is -0.131. The molecule has 3 heterocycles. The van der Waals surface area contributed by atoms with Crippen LogP contribution in [0.4, 0.5) is 11.4 Å². The van der Waals surface area contributed by atoms with Crippen LogP contribution < -0.4 is 4.90 Å². The minimum absolute atomic E-state index is 0.0186. The van der Waals surface area contributed by atoms with E-state index < -0.39 is 5.54 Å². The molecule has 0 aromatic heterocycles. The summed E-state index contributed by atoms with van der Waals surface area (Å²) in [5, 5.41) is 10.8. The van der Waals surface area contributed by atoms with Crippen molar-refractivity contribution in [2.75, 3.05) is 18.1 Å². The number of nitrogens with zero attached hydrogens (tertiary/aromatic N) is 2. The molecule has 0 aliphatic carbocycles. The number of benzene rings is 3. The summed E-state index contributed by atoms with van der Waals surface area (Å²) in [6.45, 7) is 0.864. The Balaban J connectivity index is 1.59. The van der Waals surface area contributed by atoms with Crippen molar-refractivity contribution in [3.05, 3.63) is 96.1 Å². The summed E-state index contributed by atoms with van der Waals surface area (Å²) in [5.41, 5.74) is 3.25. The van der Waals surface area contributed by atoms with E-state index in [1.165, 1.54) is 5.56 Å². The van der Waals surface area contributed by atoms with Crippen LogP contribution in [0.3, 0.4) is 0 Å². The molecule has 4 nitrogen and oxygen atoms in total. The van der Waals surface area contributed by atoms with E-state index in [-0.39, 0.29) is 30.4 Å². The first-order valence-corrected chi connectivity index (χ1v) is 11.2. The second-order valence-corrected chi connectivity index (χ2v) is 8.89. The number of para-hydroxylation sites is 2. The molecule has 3 aromatic carbocycles. The SMILES string of the molecule is O=C1N(c2ccccc2)c2ccccc2[C@]12[C@@H](CO)[C@H](c1ccccc1)[C@H]1CCCN12. The van der Waals surface area contributed by atoms with Crippen molar-refractivity contribution >= 4 is 17.3 Å². The zero-order chi connectivity index (χ0) is 21.0. The fraction of sp³-hybridized carbons (Fsp3) is 0.296. The molecule has 0 saturated carbocycles. The van der Waals surface area contributed by atoms with Gasteiger partial charge in [-0.2, -0.15) is 0 Å². The lowest BCUT2D eigenvalue weighted by atomic mass is 9.72. The van der Waals surface area contributed by atoms with Gasteiger partial charge in [-0.3, -0.25) is 14.6 Å². The maximum Gasteiger partial charge on any atom is 0.257 e. The predicted octanol–water partition coefficient (Wildman–Crippen LogP) is 4.43. The molecule has 0 unspecified atom stereocenters. The molecule has 31 heavy (non-hydrogen) atoms. The summed E-state index contributed by atoms with van der Waals surface area (Å²) in [6, 6.07) is 28.8. The van der Waals surface area contributed by atoms with Gasteiger partial charge in [-0.05, 0) is 43.1 Å². The minimum Gasteiger partial charge on any atom is -0.396 e. The third-order valence-electron chi connectivity index (χ3n) is 7.62. The van der Waals surface area contributed by atoms with Crippen LogP contribution in [0.25, 0.3) is 0 Å². The van der Waals surface area contributed by atoms with Gasteiger partial charge >= 0.3 is 0 Å². The van der Waals surface area contributed by atoms with E-state index in [1.54, 1.807) is 0 Å². The second kappa shape index (κ2) is 7.04. The van der Waals surface area contributed by atoms with E-state index in [2.05, 4.69) is 35.2 Å². The van der Waals surface area contributed by atoms with Gasteiger partial charge in [0.2, 0.25) is 0 Å². The number of aliphatic hydroxyl groups is 1. The van der Waals surface area contributed by atoms with Crippen LogP contribution in [0.15, 0.2) is 84.9 Å². The number of hydrogen-bond donors (Lipinski definition) is 1. The lowest BCUT2D eigenvalue weighted by Crippen LogP contribution is -2.53. The van der Waals surface area contributed by atoms with Gasteiger partial charge in [0.05, 0.1) is 5.69 Å². The Bertz CT molecular complexity index is 1120. The highest BCUT2D eigenvalue weighted by molar-refractivity contribution is 6.13. The van der Waals surface area contributed by atoms with Crippen LogP contribution in [0.2, 0.25) is 0 Å². The quantitative estimate of drug-likeness (QED) is 0.695. The average Bonchev–Trinajstić information content (AvgIpc) is 3.47. The van der Waals surface area contributed by atoms with E-state index in [4.69, 9.17) is 0 Å². The van der Waals surface area contributed by atoms with Gasteiger partial charge in [0.1, 0.15) is 5.54 Å². The van der Waals surface area contributed by atoms with Gasteiger partial charge in [0, 0.05) is 35.7 Å². The van der Waals surface area contributed by atoms with Crippen LogP contribution >= 0.6 is 0 Å². The molecule has 0 radical (unpaired) electrons. The summed E-state index contributed by atoms with van der Waals surface area (Å²) in [4.78, 5) is 18.8. The molecule has 2 saturated heterocycles. The first kappa shape index (κ1) is 18.8. The molecule has 3 aliphatic heterocycles. The molecule has 6 rings (SSSR count). The Labute approximate surface area is 182 Å². The van der Waals surface area contributed by atoms with E-state index in [1.807, 2.05) is 59.5 Å². The highest BCUT2D eigenvalue weighted by atomic mass is 16.3. The van der Waals surface area contributed by atoms with Gasteiger partial charge in [-0.1, -0.05) is 66.7 Å². The van der Waals surface area contributed by atoms with E-state index >= 15 is 0 Å². The third kappa shape index (κ3) is 2.40. The first-order valence-electron chi connectivity index (χ1n) is 11.2. The Morgan fingerprint density at radius 1 is 0.903 bits per heavy atom. The number of anilines is 2. The molecular weight excluding hydrogens is 384 g/mol. The average molecular weight is 411 g/mol. The summed E-state index contributed by atoms with van der Waals surface area (Å²) in [7, 11) is 0. The van der Waals surface area contributed by atoms with Gasteiger partial charge in [-0.25, -0.2) is 0 Å². The fourth-order valence-electron chi connectivity index (χ4n) is 6.58. The largest absolute Gasteiger partial charge is 0.396 e. The number of fused-ring (bicyclic) bond motifs is 4. The van der Waals surface area contributed by atoms with E-state index in [0.717, 1.165) is 36.3 Å². The number of aliphatic hydroxyl groups excluding tert-OH is 1. The van der Waals surface area contributed by atoms with Crippen molar-refractivity contribution in [3.8, 4) is 0 Å². The first-order chi connectivity index (χ1) is 15.3. The van der Waals surface area contributed by atoms with Gasteiger partial charge < -0.3 is 5.11 Å². The number of amides is 1. The summed E-state index contributed by atoms with van der Waals surface area (Å²) < 4.78 is 0. The molecule has 1 amide bonds. The van der Waals surface area contributed by atoms with Crippen LogP contribution in [0.1, 0.15) is 29.9 Å². The van der Waals surface area contributed by atoms with Crippen LogP contribution in [0, 0.1) is 5.92 Å². The summed E-state index contributed by atoms with van der Waals surface area (Å²) in [5.74, 6) is 0.00766. The molecule has 1 spiro atoms. The lowest BCUT2D eigenvalue weighted by Gasteiger charge is -2.37. The highest BCUT2D eigenvalue weighted by Crippen LogP contribution is 2.62. The standard InChI is InChI=1S/C27H26N2O2/c30-18-22-25(19-10-3-1-4-11-19)24-16-9-17-28(24)27(22)21-14-7-8-15-23(21)29(26(27)31)20-12-5-2-6-13-20/h1-8,10-15,22,24-25,30H,9,16-18H2/t22-,24+,25-,27-/m0/s1. The van der Waals surface area contributed by atoms with Gasteiger partial charge in [0.25, 0.3) is 5.91 Å². The zero-order valence-electron chi connectivity index (χ0n) is 17.4. The Morgan fingerprint density at radius 3 is 2.32 bits per heavy atom. The van der Waals surface area contributed by atoms with Crippen molar-refractivity contribution in [1.82, 2.24) is 4.90 Å². The van der Waals surface area contributed by atoms with Crippen molar-refractivity contribution in [1.29, 1.82) is 0 Å². The van der Waals surface area contributed by atoms with Crippen molar-refractivity contribution in [3.63, 3.8) is 0 Å². The maximum atomic E-state index is 14.4. The number of carbonyl (C=O) groups is 1. The molecule has 4 heteroatoms. The van der Waals surface area contributed by atoms with Crippen molar-refractivity contribution in [2.24, 2.45) is 5.92 Å². The third-order valence-corrected chi connectivity index (χ3v) is 7.62. The van der Waals surface area contributed by atoms with Crippen LogP contribution in [-0.4, -0.2) is 35.1 Å². The molecule has 4 atom stereocenters. The van der Waals surface area contributed by atoms with Crippen molar-refractivity contribution < 1.29 is 9.90 Å².